The minimum absolute atomic E-state index is 0.242. The Bertz CT molecular complexity index is 570. The van der Waals surface area contributed by atoms with Crippen LogP contribution in [-0.4, -0.2) is 16.8 Å². The first-order valence-electron chi connectivity index (χ1n) is 5.44. The molecule has 1 aromatic heterocycles. The van der Waals surface area contributed by atoms with Gasteiger partial charge in [-0.1, -0.05) is 0 Å². The Hall–Kier alpha value is -1.34. The van der Waals surface area contributed by atoms with Crippen molar-refractivity contribution in [1.82, 2.24) is 15.1 Å². The van der Waals surface area contributed by atoms with Crippen molar-refractivity contribution in [3.8, 4) is 0 Å². The molecule has 0 aliphatic carbocycles. The minimum Gasteiger partial charge on any atom is -0.308 e. The second kappa shape index (κ2) is 5.34. The van der Waals surface area contributed by atoms with Gasteiger partial charge in [-0.05, 0) is 23.0 Å². The van der Waals surface area contributed by atoms with Crippen molar-refractivity contribution in [2.24, 2.45) is 7.05 Å². The summed E-state index contributed by atoms with van der Waals surface area (Å²) in [6.07, 6.45) is 1.53. The third-order valence-electron chi connectivity index (χ3n) is 2.83. The van der Waals surface area contributed by atoms with E-state index in [2.05, 4.69) is 26.3 Å². The lowest BCUT2D eigenvalue weighted by Gasteiger charge is -2.19. The van der Waals surface area contributed by atoms with Gasteiger partial charge in [0.25, 0.3) is 0 Å². The Morgan fingerprint density at radius 3 is 2.26 bits per heavy atom. The first-order chi connectivity index (χ1) is 8.95. The number of benzene rings is 1. The van der Waals surface area contributed by atoms with Gasteiger partial charge in [0.05, 0.1) is 22.4 Å². The van der Waals surface area contributed by atoms with Gasteiger partial charge in [0.15, 0.2) is 0 Å². The molecule has 0 saturated carbocycles. The smallest absolute Gasteiger partial charge is 0.134 e. The lowest BCUT2D eigenvalue weighted by molar-refractivity contribution is 0.488. The Morgan fingerprint density at radius 1 is 1.26 bits per heavy atom. The van der Waals surface area contributed by atoms with Crippen LogP contribution in [0, 0.1) is 17.5 Å². The Balaban J connectivity index is 2.61. The van der Waals surface area contributed by atoms with Gasteiger partial charge in [-0.2, -0.15) is 5.10 Å². The lowest BCUT2D eigenvalue weighted by Crippen LogP contribution is -2.23. The van der Waals surface area contributed by atoms with E-state index in [9.17, 15) is 13.2 Å². The van der Waals surface area contributed by atoms with Crippen LogP contribution >= 0.6 is 15.9 Å². The zero-order chi connectivity index (χ0) is 14.2. The van der Waals surface area contributed by atoms with Gasteiger partial charge in [-0.25, -0.2) is 13.2 Å². The fraction of sp³-hybridized carbons (Fsp3) is 0.250. The zero-order valence-electron chi connectivity index (χ0n) is 10.2. The first kappa shape index (κ1) is 14.1. The number of hydrogen-bond donors (Lipinski definition) is 1. The van der Waals surface area contributed by atoms with Crippen LogP contribution in [0.2, 0.25) is 0 Å². The van der Waals surface area contributed by atoms with Crippen molar-refractivity contribution in [1.29, 1.82) is 0 Å². The maximum atomic E-state index is 13.8. The van der Waals surface area contributed by atoms with E-state index in [1.54, 1.807) is 14.1 Å². The van der Waals surface area contributed by atoms with E-state index >= 15 is 0 Å². The molecule has 0 spiro atoms. The van der Waals surface area contributed by atoms with E-state index in [0.717, 1.165) is 0 Å². The van der Waals surface area contributed by atoms with E-state index in [0.29, 0.717) is 22.3 Å². The predicted molar refractivity (Wildman–Crippen MR) is 68.1 cm³/mol. The molecule has 0 fully saturated rings. The molecule has 102 valence electrons. The van der Waals surface area contributed by atoms with Crippen molar-refractivity contribution in [2.75, 3.05) is 7.05 Å². The minimum atomic E-state index is -0.947. The summed E-state index contributed by atoms with van der Waals surface area (Å²) in [6.45, 7) is 0. The fourth-order valence-corrected chi connectivity index (χ4v) is 2.57. The van der Waals surface area contributed by atoms with E-state index in [1.807, 2.05) is 0 Å². The van der Waals surface area contributed by atoms with Crippen LogP contribution in [0.5, 0.6) is 0 Å². The number of nitrogens with zero attached hydrogens (tertiary/aromatic N) is 2. The van der Waals surface area contributed by atoms with Crippen LogP contribution in [0.4, 0.5) is 13.2 Å². The maximum Gasteiger partial charge on any atom is 0.134 e. The summed E-state index contributed by atoms with van der Waals surface area (Å²) >= 11 is 3.28. The van der Waals surface area contributed by atoms with E-state index in [-0.39, 0.29) is 5.56 Å². The molecule has 1 atom stereocenters. The highest BCUT2D eigenvalue weighted by Gasteiger charge is 2.26. The standard InChI is InChI=1S/C12H11BrF3N3/c1-17-11(12-7(13)5-18-19(12)2)10-8(15)3-6(14)4-9(10)16/h3-5,11,17H,1-2H3. The molecule has 0 amide bonds. The molecule has 1 unspecified atom stereocenters. The van der Waals surface area contributed by atoms with Gasteiger partial charge >= 0.3 is 0 Å². The lowest BCUT2D eigenvalue weighted by atomic mass is 10.0. The molecule has 19 heavy (non-hydrogen) atoms. The molecule has 0 radical (unpaired) electrons. The summed E-state index contributed by atoms with van der Waals surface area (Å²) in [5.41, 5.74) is 0.306. The molecule has 7 heteroatoms. The highest BCUT2D eigenvalue weighted by atomic mass is 79.9. The molecular formula is C12H11BrF3N3. The van der Waals surface area contributed by atoms with E-state index in [4.69, 9.17) is 0 Å². The highest BCUT2D eigenvalue weighted by Crippen LogP contribution is 2.31. The molecule has 1 heterocycles. The average Bonchev–Trinajstić information content (AvgIpc) is 2.64. The summed E-state index contributed by atoms with van der Waals surface area (Å²) in [7, 11) is 3.22. The number of nitrogens with one attached hydrogen (secondary N) is 1. The van der Waals surface area contributed by atoms with Crippen LogP contribution in [0.3, 0.4) is 0 Å². The number of aryl methyl sites for hydroxylation is 1. The second-order valence-corrected chi connectivity index (χ2v) is 4.86. The van der Waals surface area contributed by atoms with Crippen LogP contribution in [0.1, 0.15) is 17.3 Å². The van der Waals surface area contributed by atoms with Gasteiger partial charge in [0.1, 0.15) is 17.5 Å². The fourth-order valence-electron chi connectivity index (χ4n) is 1.99. The van der Waals surface area contributed by atoms with Gasteiger partial charge < -0.3 is 5.32 Å². The first-order valence-corrected chi connectivity index (χ1v) is 6.24. The van der Waals surface area contributed by atoms with Crippen LogP contribution in [0.25, 0.3) is 0 Å². The molecular weight excluding hydrogens is 323 g/mol. The van der Waals surface area contributed by atoms with E-state index in [1.165, 1.54) is 10.9 Å². The number of aromatic nitrogens is 2. The molecule has 1 aromatic carbocycles. The molecule has 2 rings (SSSR count). The van der Waals surface area contributed by atoms with Crippen LogP contribution in [-0.2, 0) is 7.05 Å². The Labute approximate surface area is 116 Å². The summed E-state index contributed by atoms with van der Waals surface area (Å²) in [4.78, 5) is 0. The second-order valence-electron chi connectivity index (χ2n) is 4.01. The molecule has 0 bridgehead atoms. The Morgan fingerprint density at radius 2 is 1.84 bits per heavy atom. The number of halogens is 4. The monoisotopic (exact) mass is 333 g/mol. The van der Waals surface area contributed by atoms with Crippen molar-refractivity contribution in [2.45, 2.75) is 6.04 Å². The zero-order valence-corrected chi connectivity index (χ0v) is 11.8. The van der Waals surface area contributed by atoms with Crippen molar-refractivity contribution in [3.63, 3.8) is 0 Å². The topological polar surface area (TPSA) is 29.9 Å². The van der Waals surface area contributed by atoms with E-state index < -0.39 is 23.5 Å². The predicted octanol–water partition coefficient (Wildman–Crippen LogP) is 2.91. The average molecular weight is 334 g/mol. The van der Waals surface area contributed by atoms with Crippen molar-refractivity contribution < 1.29 is 13.2 Å². The largest absolute Gasteiger partial charge is 0.308 e. The summed E-state index contributed by atoms with van der Waals surface area (Å²) in [5, 5.41) is 6.81. The Kier molecular flexibility index (Phi) is 3.96. The van der Waals surface area contributed by atoms with Crippen molar-refractivity contribution >= 4 is 15.9 Å². The summed E-state index contributed by atoms with van der Waals surface area (Å²) < 4.78 is 42.7. The third kappa shape index (κ3) is 2.52. The quantitative estimate of drug-likeness (QED) is 0.935. The summed E-state index contributed by atoms with van der Waals surface area (Å²) in [6, 6.07) is 0.544. The van der Waals surface area contributed by atoms with Crippen LogP contribution in [0.15, 0.2) is 22.8 Å². The van der Waals surface area contributed by atoms with Gasteiger partial charge in [0.2, 0.25) is 0 Å². The summed E-state index contributed by atoms with van der Waals surface area (Å²) in [5.74, 6) is -2.83. The van der Waals surface area contributed by atoms with Gasteiger partial charge in [-0.3, -0.25) is 4.68 Å². The number of hydrogen-bond acceptors (Lipinski definition) is 2. The highest BCUT2D eigenvalue weighted by molar-refractivity contribution is 9.10. The molecule has 0 aliphatic rings. The van der Waals surface area contributed by atoms with Gasteiger partial charge in [0, 0.05) is 24.7 Å². The third-order valence-corrected chi connectivity index (χ3v) is 3.44. The molecule has 0 saturated heterocycles. The van der Waals surface area contributed by atoms with Crippen LogP contribution < -0.4 is 5.32 Å². The molecule has 1 N–H and O–H groups in total. The maximum absolute atomic E-state index is 13.8. The normalized spacial score (nSPS) is 12.7. The van der Waals surface area contributed by atoms with Gasteiger partial charge in [-0.15, -0.1) is 0 Å². The van der Waals surface area contributed by atoms with Crippen molar-refractivity contribution in [3.05, 3.63) is 51.5 Å². The molecule has 0 aliphatic heterocycles. The number of rotatable bonds is 3. The molecule has 2 aromatic rings. The SMILES string of the molecule is CNC(c1c(F)cc(F)cc1F)c1c(Br)cnn1C. The molecule has 3 nitrogen and oxygen atoms in total.